The highest BCUT2D eigenvalue weighted by Crippen LogP contribution is 2.26. The fourth-order valence-corrected chi connectivity index (χ4v) is 2.50. The molecule has 0 aliphatic heterocycles. The van der Waals surface area contributed by atoms with Crippen molar-refractivity contribution in [1.82, 2.24) is 4.98 Å². The highest BCUT2D eigenvalue weighted by Gasteiger charge is 2.08. The zero-order chi connectivity index (χ0) is 19.1. The summed E-state index contributed by atoms with van der Waals surface area (Å²) in [6, 6.07) is 18.0. The highest BCUT2D eigenvalue weighted by atomic mass is 35.5. The summed E-state index contributed by atoms with van der Waals surface area (Å²) in [6.45, 7) is -0.139. The molecule has 0 saturated carbocycles. The zero-order valence-corrected chi connectivity index (χ0v) is 15.4. The van der Waals surface area contributed by atoms with Crippen LogP contribution in [0.5, 0.6) is 11.5 Å². The quantitative estimate of drug-likeness (QED) is 0.628. The van der Waals surface area contributed by atoms with Crippen molar-refractivity contribution in [3.8, 4) is 11.5 Å². The molecule has 0 atom stereocenters. The smallest absolute Gasteiger partial charge is 0.262 e. The largest absolute Gasteiger partial charge is 0.493 e. The maximum absolute atomic E-state index is 12.1. The number of aromatic nitrogens is 1. The molecule has 1 amide bonds. The standard InChI is InChI=1S/C20H18ClN3O3/c1-26-17-8-4-5-9-18(17)27-13-20(25)23-14-10-11-19(22-12-14)24-16-7-3-2-6-15(16)21/h2-12H,13H2,1H3,(H,22,24)(H,23,25). The van der Waals surface area contributed by atoms with Gasteiger partial charge < -0.3 is 20.1 Å². The first kappa shape index (κ1) is 18.5. The molecule has 138 valence electrons. The second kappa shape index (κ2) is 8.91. The van der Waals surface area contributed by atoms with Crippen LogP contribution in [0.3, 0.4) is 0 Å². The Morgan fingerprint density at radius 2 is 1.78 bits per heavy atom. The van der Waals surface area contributed by atoms with Crippen LogP contribution >= 0.6 is 11.6 Å². The molecule has 1 aromatic heterocycles. The maximum Gasteiger partial charge on any atom is 0.262 e. The zero-order valence-electron chi connectivity index (χ0n) is 14.6. The van der Waals surface area contributed by atoms with Crippen molar-refractivity contribution >= 4 is 34.7 Å². The fourth-order valence-electron chi connectivity index (χ4n) is 2.32. The summed E-state index contributed by atoms with van der Waals surface area (Å²) in [6.07, 6.45) is 1.56. The molecule has 0 spiro atoms. The Bertz CT molecular complexity index is 916. The number of carbonyl (C=O) groups excluding carboxylic acids is 1. The molecule has 1 heterocycles. The Balaban J connectivity index is 1.55. The molecule has 0 bridgehead atoms. The number of methoxy groups -OCH3 is 1. The first-order valence-corrected chi connectivity index (χ1v) is 8.57. The van der Waals surface area contributed by atoms with Gasteiger partial charge in [0.1, 0.15) is 5.82 Å². The third-order valence-corrected chi connectivity index (χ3v) is 3.94. The molecule has 6 nitrogen and oxygen atoms in total. The van der Waals surface area contributed by atoms with Gasteiger partial charge in [-0.15, -0.1) is 0 Å². The normalized spacial score (nSPS) is 10.1. The lowest BCUT2D eigenvalue weighted by atomic mass is 10.3. The number of nitrogens with zero attached hydrogens (tertiary/aromatic N) is 1. The predicted molar refractivity (Wildman–Crippen MR) is 106 cm³/mol. The number of pyridine rings is 1. The first-order chi connectivity index (χ1) is 13.2. The number of amides is 1. The Hall–Kier alpha value is -3.25. The van der Waals surface area contributed by atoms with Crippen molar-refractivity contribution in [3.63, 3.8) is 0 Å². The van der Waals surface area contributed by atoms with Crippen LogP contribution in [-0.4, -0.2) is 24.6 Å². The van der Waals surface area contributed by atoms with Crippen molar-refractivity contribution < 1.29 is 14.3 Å². The minimum Gasteiger partial charge on any atom is -0.493 e. The van der Waals surface area contributed by atoms with E-state index in [4.69, 9.17) is 21.1 Å². The summed E-state index contributed by atoms with van der Waals surface area (Å²) >= 11 is 6.11. The summed E-state index contributed by atoms with van der Waals surface area (Å²) in [5.41, 5.74) is 1.32. The van der Waals surface area contributed by atoms with Crippen LogP contribution in [0.4, 0.5) is 17.2 Å². The molecular weight excluding hydrogens is 366 g/mol. The Morgan fingerprint density at radius 1 is 1.04 bits per heavy atom. The number of halogens is 1. The second-order valence-corrected chi connectivity index (χ2v) is 5.93. The van der Waals surface area contributed by atoms with E-state index in [1.807, 2.05) is 30.3 Å². The number of para-hydroxylation sites is 3. The van der Waals surface area contributed by atoms with Gasteiger partial charge in [-0.3, -0.25) is 4.79 Å². The molecular formula is C20H18ClN3O3. The van der Waals surface area contributed by atoms with Crippen LogP contribution in [0.25, 0.3) is 0 Å². The van der Waals surface area contributed by atoms with Crippen LogP contribution in [0.1, 0.15) is 0 Å². The van der Waals surface area contributed by atoms with E-state index in [2.05, 4.69) is 15.6 Å². The number of ether oxygens (including phenoxy) is 2. The second-order valence-electron chi connectivity index (χ2n) is 5.52. The molecule has 2 N–H and O–H groups in total. The van der Waals surface area contributed by atoms with Gasteiger partial charge in [-0.25, -0.2) is 4.98 Å². The van der Waals surface area contributed by atoms with Gasteiger partial charge in [0, 0.05) is 0 Å². The van der Waals surface area contributed by atoms with Crippen LogP contribution in [0, 0.1) is 0 Å². The minimum atomic E-state index is -0.297. The number of carbonyl (C=O) groups is 1. The Labute approximate surface area is 162 Å². The number of benzene rings is 2. The van der Waals surface area contributed by atoms with E-state index < -0.39 is 0 Å². The van der Waals surface area contributed by atoms with Gasteiger partial charge in [-0.2, -0.15) is 0 Å². The van der Waals surface area contributed by atoms with Gasteiger partial charge in [-0.1, -0.05) is 35.9 Å². The molecule has 27 heavy (non-hydrogen) atoms. The minimum absolute atomic E-state index is 0.139. The molecule has 0 saturated heterocycles. The topological polar surface area (TPSA) is 72.5 Å². The van der Waals surface area contributed by atoms with Crippen molar-refractivity contribution in [2.45, 2.75) is 0 Å². The van der Waals surface area contributed by atoms with Gasteiger partial charge in [0.2, 0.25) is 0 Å². The fraction of sp³-hybridized carbons (Fsp3) is 0.100. The predicted octanol–water partition coefficient (Wildman–Crippen LogP) is 4.50. The molecule has 0 radical (unpaired) electrons. The van der Waals surface area contributed by atoms with E-state index >= 15 is 0 Å². The van der Waals surface area contributed by atoms with Gasteiger partial charge in [0.15, 0.2) is 18.1 Å². The third-order valence-electron chi connectivity index (χ3n) is 3.61. The Morgan fingerprint density at radius 3 is 2.48 bits per heavy atom. The van der Waals surface area contributed by atoms with Crippen molar-refractivity contribution in [2.75, 3.05) is 24.4 Å². The van der Waals surface area contributed by atoms with E-state index in [9.17, 15) is 4.79 Å². The van der Waals surface area contributed by atoms with E-state index in [0.717, 1.165) is 5.69 Å². The average Bonchev–Trinajstić information content (AvgIpc) is 2.70. The monoisotopic (exact) mass is 383 g/mol. The highest BCUT2D eigenvalue weighted by molar-refractivity contribution is 6.33. The summed E-state index contributed by atoms with van der Waals surface area (Å²) in [5, 5.41) is 6.45. The van der Waals surface area contributed by atoms with E-state index in [-0.39, 0.29) is 12.5 Å². The number of hydrogen-bond donors (Lipinski definition) is 2. The van der Waals surface area contributed by atoms with Gasteiger partial charge >= 0.3 is 0 Å². The number of nitrogens with one attached hydrogen (secondary N) is 2. The van der Waals surface area contributed by atoms with Crippen LogP contribution in [-0.2, 0) is 4.79 Å². The van der Waals surface area contributed by atoms with Crippen molar-refractivity contribution in [1.29, 1.82) is 0 Å². The molecule has 0 aliphatic carbocycles. The number of anilines is 3. The van der Waals surface area contributed by atoms with Gasteiger partial charge in [0.05, 0.1) is 29.7 Å². The number of rotatable bonds is 7. The van der Waals surface area contributed by atoms with Gasteiger partial charge in [0.25, 0.3) is 5.91 Å². The molecule has 7 heteroatoms. The Kier molecular flexibility index (Phi) is 6.12. The molecule has 3 rings (SSSR count). The summed E-state index contributed by atoms with van der Waals surface area (Å²) in [5.74, 6) is 1.40. The lowest BCUT2D eigenvalue weighted by molar-refractivity contribution is -0.118. The summed E-state index contributed by atoms with van der Waals surface area (Å²) in [7, 11) is 1.55. The lowest BCUT2D eigenvalue weighted by Gasteiger charge is -2.11. The van der Waals surface area contributed by atoms with Crippen LogP contribution < -0.4 is 20.1 Å². The SMILES string of the molecule is COc1ccccc1OCC(=O)Nc1ccc(Nc2ccccc2Cl)nc1. The van der Waals surface area contributed by atoms with Gasteiger partial charge in [-0.05, 0) is 36.4 Å². The first-order valence-electron chi connectivity index (χ1n) is 8.19. The van der Waals surface area contributed by atoms with E-state index in [0.29, 0.717) is 28.0 Å². The van der Waals surface area contributed by atoms with Crippen LogP contribution in [0.15, 0.2) is 66.9 Å². The lowest BCUT2D eigenvalue weighted by Crippen LogP contribution is -2.20. The summed E-state index contributed by atoms with van der Waals surface area (Å²) in [4.78, 5) is 16.3. The number of hydrogen-bond acceptors (Lipinski definition) is 5. The van der Waals surface area contributed by atoms with Crippen LogP contribution in [0.2, 0.25) is 5.02 Å². The molecule has 3 aromatic rings. The molecule has 0 aliphatic rings. The third kappa shape index (κ3) is 5.12. The van der Waals surface area contributed by atoms with Crippen molar-refractivity contribution in [3.05, 3.63) is 71.9 Å². The summed E-state index contributed by atoms with van der Waals surface area (Å²) < 4.78 is 10.7. The maximum atomic E-state index is 12.1. The van der Waals surface area contributed by atoms with E-state index in [1.54, 1.807) is 43.6 Å². The van der Waals surface area contributed by atoms with Crippen molar-refractivity contribution in [2.24, 2.45) is 0 Å². The van der Waals surface area contributed by atoms with E-state index in [1.165, 1.54) is 0 Å². The molecule has 0 unspecified atom stereocenters. The average molecular weight is 384 g/mol. The molecule has 0 fully saturated rings. The molecule has 2 aromatic carbocycles.